The summed E-state index contributed by atoms with van der Waals surface area (Å²) in [4.78, 5) is 0.230. The molecule has 0 amide bonds. The number of aryl methyl sites for hydroxylation is 1. The molecule has 0 aromatic heterocycles. The van der Waals surface area contributed by atoms with E-state index < -0.39 is 10.0 Å². The highest BCUT2D eigenvalue weighted by Gasteiger charge is 2.13. The molecule has 2 rings (SSSR count). The Morgan fingerprint density at radius 1 is 1.06 bits per heavy atom. The molecule has 0 atom stereocenters. The van der Waals surface area contributed by atoms with Crippen LogP contribution in [-0.4, -0.2) is 8.42 Å². The van der Waals surface area contributed by atoms with Crippen molar-refractivity contribution in [2.45, 2.75) is 11.8 Å². The van der Waals surface area contributed by atoms with Gasteiger partial charge >= 0.3 is 0 Å². The molecule has 0 fully saturated rings. The van der Waals surface area contributed by atoms with E-state index in [0.29, 0.717) is 10.7 Å². The van der Waals surface area contributed by atoms with Gasteiger partial charge in [-0.3, -0.25) is 4.72 Å². The van der Waals surface area contributed by atoms with Gasteiger partial charge in [-0.25, -0.2) is 8.42 Å². The van der Waals surface area contributed by atoms with Crippen LogP contribution in [0.25, 0.3) is 0 Å². The maximum Gasteiger partial charge on any atom is 0.261 e. The first-order chi connectivity index (χ1) is 8.47. The van der Waals surface area contributed by atoms with Crippen molar-refractivity contribution in [1.82, 2.24) is 0 Å². The van der Waals surface area contributed by atoms with Gasteiger partial charge in [-0.05, 0) is 37.3 Å². The monoisotopic (exact) mass is 281 g/mol. The van der Waals surface area contributed by atoms with Crippen LogP contribution in [0.3, 0.4) is 0 Å². The number of anilines is 1. The fourth-order valence-corrected chi connectivity index (χ4v) is 2.72. The van der Waals surface area contributed by atoms with Crippen molar-refractivity contribution in [2.75, 3.05) is 4.72 Å². The smallest absolute Gasteiger partial charge is 0.261 e. The molecule has 0 aliphatic rings. The second-order valence-corrected chi connectivity index (χ2v) is 6.05. The fraction of sp³-hybridized carbons (Fsp3) is 0.0769. The lowest BCUT2D eigenvalue weighted by Crippen LogP contribution is -2.12. The fourth-order valence-electron chi connectivity index (χ4n) is 1.48. The highest BCUT2D eigenvalue weighted by atomic mass is 35.5. The topological polar surface area (TPSA) is 46.2 Å². The van der Waals surface area contributed by atoms with Crippen molar-refractivity contribution in [3.8, 4) is 0 Å². The first-order valence-corrected chi connectivity index (χ1v) is 7.18. The summed E-state index contributed by atoms with van der Waals surface area (Å²) in [6.45, 7) is 1.90. The summed E-state index contributed by atoms with van der Waals surface area (Å²) >= 11 is 5.81. The van der Waals surface area contributed by atoms with Crippen LogP contribution in [0, 0.1) is 6.92 Å². The molecule has 0 radical (unpaired) electrons. The Labute approximate surface area is 111 Å². The van der Waals surface area contributed by atoms with Gasteiger partial charge in [0.25, 0.3) is 10.0 Å². The average Bonchev–Trinajstić information content (AvgIpc) is 2.29. The second kappa shape index (κ2) is 5.00. The summed E-state index contributed by atoms with van der Waals surface area (Å²) < 4.78 is 26.6. The number of rotatable bonds is 3. The van der Waals surface area contributed by atoms with E-state index in [0.717, 1.165) is 5.56 Å². The van der Waals surface area contributed by atoms with Crippen molar-refractivity contribution in [3.05, 3.63) is 59.1 Å². The largest absolute Gasteiger partial charge is 0.280 e. The van der Waals surface area contributed by atoms with E-state index in [-0.39, 0.29) is 4.90 Å². The van der Waals surface area contributed by atoms with E-state index in [9.17, 15) is 8.42 Å². The summed E-state index contributed by atoms with van der Waals surface area (Å²) in [6, 6.07) is 13.2. The quantitative estimate of drug-likeness (QED) is 0.937. The number of halogens is 1. The van der Waals surface area contributed by atoms with Gasteiger partial charge in [-0.1, -0.05) is 35.4 Å². The molecule has 1 N–H and O–H groups in total. The molecule has 0 spiro atoms. The van der Waals surface area contributed by atoms with E-state index in [1.807, 2.05) is 6.92 Å². The van der Waals surface area contributed by atoms with Gasteiger partial charge in [-0.15, -0.1) is 0 Å². The maximum atomic E-state index is 12.1. The molecular formula is C13H12ClNO2S. The van der Waals surface area contributed by atoms with Crippen LogP contribution in [0.1, 0.15) is 5.56 Å². The van der Waals surface area contributed by atoms with Crippen LogP contribution in [-0.2, 0) is 10.0 Å². The molecule has 0 bridgehead atoms. The zero-order chi connectivity index (χ0) is 13.2. The molecule has 3 nitrogen and oxygen atoms in total. The molecule has 18 heavy (non-hydrogen) atoms. The lowest BCUT2D eigenvalue weighted by Gasteiger charge is -2.08. The zero-order valence-corrected chi connectivity index (χ0v) is 11.3. The Kier molecular flexibility index (Phi) is 3.59. The van der Waals surface area contributed by atoms with Crippen LogP contribution < -0.4 is 4.72 Å². The summed E-state index contributed by atoms with van der Waals surface area (Å²) in [6.07, 6.45) is 0. The first kappa shape index (κ1) is 12.9. The van der Waals surface area contributed by atoms with Crippen LogP contribution in [0.4, 0.5) is 5.69 Å². The molecule has 0 heterocycles. The highest BCUT2D eigenvalue weighted by Crippen LogP contribution is 2.19. The van der Waals surface area contributed by atoms with Crippen molar-refractivity contribution >= 4 is 27.3 Å². The number of nitrogens with one attached hydrogen (secondary N) is 1. The lowest BCUT2D eigenvalue weighted by molar-refractivity contribution is 0.601. The third-order valence-electron chi connectivity index (χ3n) is 2.41. The minimum atomic E-state index is -3.56. The summed E-state index contributed by atoms with van der Waals surface area (Å²) in [5.74, 6) is 0. The summed E-state index contributed by atoms with van der Waals surface area (Å²) in [5.41, 5.74) is 1.46. The molecule has 0 unspecified atom stereocenters. The highest BCUT2D eigenvalue weighted by molar-refractivity contribution is 7.92. The van der Waals surface area contributed by atoms with Crippen molar-refractivity contribution in [3.63, 3.8) is 0 Å². The lowest BCUT2D eigenvalue weighted by atomic mass is 10.2. The molecule has 94 valence electrons. The van der Waals surface area contributed by atoms with E-state index in [1.165, 1.54) is 0 Å². The molecule has 2 aromatic carbocycles. The summed E-state index contributed by atoms with van der Waals surface area (Å²) in [5, 5.41) is 0.485. The normalized spacial score (nSPS) is 11.2. The van der Waals surface area contributed by atoms with Crippen molar-refractivity contribution in [1.29, 1.82) is 0 Å². The summed E-state index contributed by atoms with van der Waals surface area (Å²) in [7, 11) is -3.56. The predicted octanol–water partition coefficient (Wildman–Crippen LogP) is 3.45. The van der Waals surface area contributed by atoms with Gasteiger partial charge in [0.1, 0.15) is 0 Å². The maximum absolute atomic E-state index is 12.1. The first-order valence-electron chi connectivity index (χ1n) is 5.32. The minimum absolute atomic E-state index is 0.230. The van der Waals surface area contributed by atoms with E-state index in [4.69, 9.17) is 11.6 Å². The Hall–Kier alpha value is -1.52. The molecule has 0 aliphatic carbocycles. The second-order valence-electron chi connectivity index (χ2n) is 3.93. The van der Waals surface area contributed by atoms with Crippen LogP contribution in [0.15, 0.2) is 53.4 Å². The standard InChI is InChI=1S/C13H12ClNO2S/c1-10-5-7-13(8-6-10)18(16,17)15-12-4-2-3-11(14)9-12/h2-9,15H,1H3. The van der Waals surface area contributed by atoms with Gasteiger partial charge in [-0.2, -0.15) is 0 Å². The zero-order valence-electron chi connectivity index (χ0n) is 9.72. The molecule has 2 aromatic rings. The SMILES string of the molecule is Cc1ccc(S(=O)(=O)Nc2cccc(Cl)c2)cc1. The molecule has 0 saturated carbocycles. The average molecular weight is 282 g/mol. The Balaban J connectivity index is 2.30. The third kappa shape index (κ3) is 3.03. The Bertz CT molecular complexity index is 651. The van der Waals surface area contributed by atoms with E-state index in [2.05, 4.69) is 4.72 Å². The van der Waals surface area contributed by atoms with Gasteiger partial charge < -0.3 is 0 Å². The number of benzene rings is 2. The Morgan fingerprint density at radius 3 is 2.33 bits per heavy atom. The van der Waals surface area contributed by atoms with Crippen LogP contribution in [0.5, 0.6) is 0 Å². The molecule has 0 aliphatic heterocycles. The predicted molar refractivity (Wildman–Crippen MR) is 73.4 cm³/mol. The molecule has 0 saturated heterocycles. The van der Waals surface area contributed by atoms with E-state index in [1.54, 1.807) is 48.5 Å². The number of sulfonamides is 1. The van der Waals surface area contributed by atoms with Crippen molar-refractivity contribution < 1.29 is 8.42 Å². The minimum Gasteiger partial charge on any atom is -0.280 e. The van der Waals surface area contributed by atoms with Gasteiger partial charge in [0.2, 0.25) is 0 Å². The van der Waals surface area contributed by atoms with Gasteiger partial charge in [0, 0.05) is 5.02 Å². The molecule has 5 heteroatoms. The van der Waals surface area contributed by atoms with Crippen molar-refractivity contribution in [2.24, 2.45) is 0 Å². The third-order valence-corrected chi connectivity index (χ3v) is 4.04. The van der Waals surface area contributed by atoms with Crippen LogP contribution >= 0.6 is 11.6 Å². The molecular weight excluding hydrogens is 270 g/mol. The van der Waals surface area contributed by atoms with E-state index >= 15 is 0 Å². The number of hydrogen-bond donors (Lipinski definition) is 1. The van der Waals surface area contributed by atoms with Gasteiger partial charge in [0.15, 0.2) is 0 Å². The van der Waals surface area contributed by atoms with Crippen LogP contribution in [0.2, 0.25) is 5.02 Å². The number of hydrogen-bond acceptors (Lipinski definition) is 2. The Morgan fingerprint density at radius 2 is 1.72 bits per heavy atom. The van der Waals surface area contributed by atoms with Gasteiger partial charge in [0.05, 0.1) is 10.6 Å².